The van der Waals surface area contributed by atoms with E-state index in [-0.39, 0.29) is 30.1 Å². The molecule has 1 saturated carbocycles. The number of morpholine rings is 1. The van der Waals surface area contributed by atoms with E-state index in [4.69, 9.17) is 4.74 Å². The fourth-order valence-corrected chi connectivity index (χ4v) is 4.17. The number of nitrogens with zero attached hydrogens (tertiary/aromatic N) is 1. The summed E-state index contributed by atoms with van der Waals surface area (Å²) >= 11 is 0. The summed E-state index contributed by atoms with van der Waals surface area (Å²) in [7, 11) is -3.38. The Kier molecular flexibility index (Phi) is 5.98. The van der Waals surface area contributed by atoms with Gasteiger partial charge in [0.05, 0.1) is 25.1 Å². The molecule has 2 atom stereocenters. The lowest BCUT2D eigenvalue weighted by Crippen LogP contribution is -2.42. The second-order valence-corrected chi connectivity index (χ2v) is 7.73. The number of ether oxygens (including phenoxy) is 1. The minimum Gasteiger partial charge on any atom is -0.393 e. The van der Waals surface area contributed by atoms with Gasteiger partial charge in [0, 0.05) is 32.0 Å². The number of sulfonamides is 1. The molecule has 2 N–H and O–H groups in total. The minimum absolute atomic E-state index is 0.0392. The molecule has 0 radical (unpaired) electrons. The Morgan fingerprint density at radius 2 is 2.00 bits per heavy atom. The van der Waals surface area contributed by atoms with Gasteiger partial charge in [-0.05, 0) is 12.8 Å². The van der Waals surface area contributed by atoms with Crippen LogP contribution in [0, 0.1) is 5.92 Å². The first-order valence-electron chi connectivity index (χ1n) is 7.49. The molecule has 0 aromatic rings. The summed E-state index contributed by atoms with van der Waals surface area (Å²) in [5.41, 5.74) is 0. The van der Waals surface area contributed by atoms with E-state index in [1.165, 1.54) is 4.31 Å². The Morgan fingerprint density at radius 1 is 1.29 bits per heavy atom. The van der Waals surface area contributed by atoms with Gasteiger partial charge in [-0.2, -0.15) is 4.31 Å². The predicted octanol–water partition coefficient (Wildman–Crippen LogP) is -0.684. The molecule has 1 aliphatic carbocycles. The number of aliphatic hydroxyl groups is 1. The van der Waals surface area contributed by atoms with E-state index >= 15 is 0 Å². The summed E-state index contributed by atoms with van der Waals surface area (Å²) in [4.78, 5) is 11.7. The fraction of sp³-hybridized carbons (Fsp3) is 0.923. The second kappa shape index (κ2) is 7.53. The van der Waals surface area contributed by atoms with E-state index in [9.17, 15) is 18.3 Å². The normalized spacial score (nSPS) is 27.7. The summed E-state index contributed by atoms with van der Waals surface area (Å²) in [5.74, 6) is -0.345. The van der Waals surface area contributed by atoms with Crippen molar-refractivity contribution in [3.05, 3.63) is 0 Å². The summed E-state index contributed by atoms with van der Waals surface area (Å²) in [6.07, 6.45) is 2.29. The van der Waals surface area contributed by atoms with E-state index in [1.807, 2.05) is 0 Å². The molecule has 0 bridgehead atoms. The van der Waals surface area contributed by atoms with Gasteiger partial charge in [0.2, 0.25) is 15.9 Å². The van der Waals surface area contributed by atoms with Crippen LogP contribution in [0.3, 0.4) is 0 Å². The van der Waals surface area contributed by atoms with E-state index in [0.29, 0.717) is 32.8 Å². The lowest BCUT2D eigenvalue weighted by atomic mass is 10.1. The molecule has 2 rings (SSSR count). The number of hydrogen-bond donors (Lipinski definition) is 2. The van der Waals surface area contributed by atoms with E-state index in [1.54, 1.807) is 0 Å². The van der Waals surface area contributed by atoms with Crippen LogP contribution in [0.5, 0.6) is 0 Å². The molecular weight excluding hydrogens is 296 g/mol. The van der Waals surface area contributed by atoms with Crippen LogP contribution in [0.15, 0.2) is 0 Å². The van der Waals surface area contributed by atoms with E-state index in [0.717, 1.165) is 19.3 Å². The maximum absolute atomic E-state index is 12.1. The highest BCUT2D eigenvalue weighted by molar-refractivity contribution is 7.89. The quantitative estimate of drug-likeness (QED) is 0.676. The van der Waals surface area contributed by atoms with Crippen LogP contribution < -0.4 is 5.32 Å². The summed E-state index contributed by atoms with van der Waals surface area (Å²) in [5, 5.41) is 12.4. The maximum atomic E-state index is 12.1. The Hall–Kier alpha value is -0.700. The molecule has 0 spiro atoms. The molecule has 1 aliphatic heterocycles. The van der Waals surface area contributed by atoms with Crippen molar-refractivity contribution in [2.75, 3.05) is 38.6 Å². The SMILES string of the molecule is O=C(CCS(=O)(=O)N1CCOCC1)NCC1CCCC1O. The summed E-state index contributed by atoms with van der Waals surface area (Å²) in [6.45, 7) is 1.96. The highest BCUT2D eigenvalue weighted by Crippen LogP contribution is 2.24. The Balaban J connectivity index is 1.70. The second-order valence-electron chi connectivity index (χ2n) is 5.64. The lowest BCUT2D eigenvalue weighted by molar-refractivity contribution is -0.121. The number of carbonyl (C=O) groups excluding carboxylic acids is 1. The van der Waals surface area contributed by atoms with Gasteiger partial charge in [-0.3, -0.25) is 4.79 Å². The van der Waals surface area contributed by atoms with Crippen molar-refractivity contribution in [2.45, 2.75) is 31.8 Å². The zero-order valence-electron chi connectivity index (χ0n) is 12.2. The van der Waals surface area contributed by atoms with Gasteiger partial charge in [-0.25, -0.2) is 8.42 Å². The molecule has 21 heavy (non-hydrogen) atoms. The molecule has 0 aromatic heterocycles. The third-order valence-electron chi connectivity index (χ3n) is 4.13. The highest BCUT2D eigenvalue weighted by Gasteiger charge is 2.27. The van der Waals surface area contributed by atoms with Gasteiger partial charge in [0.15, 0.2) is 0 Å². The van der Waals surface area contributed by atoms with Crippen LogP contribution >= 0.6 is 0 Å². The Morgan fingerprint density at radius 3 is 2.62 bits per heavy atom. The number of carbonyl (C=O) groups is 1. The topological polar surface area (TPSA) is 95.9 Å². The monoisotopic (exact) mass is 320 g/mol. The van der Waals surface area contributed by atoms with Crippen molar-refractivity contribution in [3.63, 3.8) is 0 Å². The van der Waals surface area contributed by atoms with E-state index in [2.05, 4.69) is 5.32 Å². The molecule has 1 heterocycles. The Bertz CT molecular complexity index is 447. The minimum atomic E-state index is -3.38. The molecule has 2 fully saturated rings. The maximum Gasteiger partial charge on any atom is 0.221 e. The average Bonchev–Trinajstić information content (AvgIpc) is 2.89. The predicted molar refractivity (Wildman–Crippen MR) is 77.2 cm³/mol. The molecule has 1 amide bonds. The van der Waals surface area contributed by atoms with Gasteiger partial charge in [0.25, 0.3) is 0 Å². The molecule has 8 heteroatoms. The van der Waals surface area contributed by atoms with Crippen LogP contribution in [0.2, 0.25) is 0 Å². The smallest absolute Gasteiger partial charge is 0.221 e. The Labute approximate surface area is 125 Å². The van der Waals surface area contributed by atoms with Crippen molar-refractivity contribution in [1.29, 1.82) is 0 Å². The fourth-order valence-electron chi connectivity index (χ4n) is 2.76. The average molecular weight is 320 g/mol. The summed E-state index contributed by atoms with van der Waals surface area (Å²) in [6, 6.07) is 0. The zero-order chi connectivity index (χ0) is 15.3. The number of nitrogens with one attached hydrogen (secondary N) is 1. The van der Waals surface area contributed by atoms with Crippen molar-refractivity contribution in [3.8, 4) is 0 Å². The van der Waals surface area contributed by atoms with Crippen LogP contribution in [-0.2, 0) is 19.6 Å². The van der Waals surface area contributed by atoms with Crippen molar-refractivity contribution in [1.82, 2.24) is 9.62 Å². The molecule has 122 valence electrons. The third kappa shape index (κ3) is 4.91. The van der Waals surface area contributed by atoms with Crippen LogP contribution in [0.1, 0.15) is 25.7 Å². The van der Waals surface area contributed by atoms with Crippen LogP contribution in [0.4, 0.5) is 0 Å². The van der Waals surface area contributed by atoms with E-state index < -0.39 is 10.0 Å². The number of aliphatic hydroxyl groups excluding tert-OH is 1. The molecular formula is C13H24N2O5S. The van der Waals surface area contributed by atoms with Crippen molar-refractivity contribution in [2.24, 2.45) is 5.92 Å². The number of hydrogen-bond acceptors (Lipinski definition) is 5. The third-order valence-corrected chi connectivity index (χ3v) is 6.00. The van der Waals surface area contributed by atoms with Crippen LogP contribution in [0.25, 0.3) is 0 Å². The standard InChI is InChI=1S/C13H24N2O5S/c16-12-3-1-2-11(12)10-14-13(17)4-9-21(18,19)15-5-7-20-8-6-15/h11-12,16H,1-10H2,(H,14,17). The first-order chi connectivity index (χ1) is 9.99. The van der Waals surface area contributed by atoms with Gasteiger partial charge >= 0.3 is 0 Å². The first kappa shape index (κ1) is 16.7. The molecule has 2 unspecified atom stereocenters. The first-order valence-corrected chi connectivity index (χ1v) is 9.10. The van der Waals surface area contributed by atoms with Gasteiger partial charge in [0.1, 0.15) is 0 Å². The molecule has 7 nitrogen and oxygen atoms in total. The largest absolute Gasteiger partial charge is 0.393 e. The highest BCUT2D eigenvalue weighted by atomic mass is 32.2. The van der Waals surface area contributed by atoms with Gasteiger partial charge in [-0.15, -0.1) is 0 Å². The lowest BCUT2D eigenvalue weighted by Gasteiger charge is -2.25. The van der Waals surface area contributed by atoms with Crippen LogP contribution in [-0.4, -0.2) is 68.4 Å². The van der Waals surface area contributed by atoms with Gasteiger partial charge in [-0.1, -0.05) is 6.42 Å². The molecule has 1 saturated heterocycles. The number of amides is 1. The van der Waals surface area contributed by atoms with Gasteiger partial charge < -0.3 is 15.2 Å². The zero-order valence-corrected chi connectivity index (χ0v) is 13.0. The number of rotatable bonds is 6. The molecule has 2 aliphatic rings. The van der Waals surface area contributed by atoms with Crippen molar-refractivity contribution >= 4 is 15.9 Å². The van der Waals surface area contributed by atoms with Crippen molar-refractivity contribution < 1.29 is 23.1 Å². The summed E-state index contributed by atoms with van der Waals surface area (Å²) < 4.78 is 30.6. The molecule has 0 aromatic carbocycles.